The van der Waals surface area contributed by atoms with Gasteiger partial charge in [-0.2, -0.15) is 5.10 Å². The standard InChI is InChI=1S/C17H14ClN5O/c1-12-4-2-3-5-14(12)23-11-20-16(18)15(23)10-21-22-17(24)13-6-8-19-9-7-13/h2-11H,1H3,(H,22,24)/b21-10+. The van der Waals surface area contributed by atoms with Gasteiger partial charge in [0, 0.05) is 18.0 Å². The van der Waals surface area contributed by atoms with Crippen LogP contribution in [0, 0.1) is 6.92 Å². The van der Waals surface area contributed by atoms with E-state index in [1.807, 2.05) is 35.8 Å². The number of para-hydroxylation sites is 1. The Morgan fingerprint density at radius 2 is 2.00 bits per heavy atom. The maximum absolute atomic E-state index is 12.0. The molecule has 0 aliphatic rings. The number of nitrogens with one attached hydrogen (secondary N) is 1. The molecule has 3 rings (SSSR count). The number of hydrazone groups is 1. The summed E-state index contributed by atoms with van der Waals surface area (Å²) in [6.45, 7) is 2.00. The minimum atomic E-state index is -0.327. The van der Waals surface area contributed by atoms with E-state index in [0.717, 1.165) is 11.3 Å². The van der Waals surface area contributed by atoms with Crippen molar-refractivity contribution in [2.75, 3.05) is 0 Å². The van der Waals surface area contributed by atoms with Gasteiger partial charge in [0.25, 0.3) is 5.91 Å². The molecule has 3 aromatic rings. The van der Waals surface area contributed by atoms with Gasteiger partial charge in [0.2, 0.25) is 0 Å². The molecule has 0 fully saturated rings. The molecule has 1 amide bonds. The van der Waals surface area contributed by atoms with E-state index in [1.54, 1.807) is 30.9 Å². The highest BCUT2D eigenvalue weighted by atomic mass is 35.5. The smallest absolute Gasteiger partial charge is 0.271 e. The zero-order valence-electron chi connectivity index (χ0n) is 12.8. The lowest BCUT2D eigenvalue weighted by molar-refractivity contribution is 0.0955. The zero-order chi connectivity index (χ0) is 16.9. The van der Waals surface area contributed by atoms with E-state index in [-0.39, 0.29) is 5.91 Å². The van der Waals surface area contributed by atoms with Gasteiger partial charge in [0.15, 0.2) is 5.15 Å². The van der Waals surface area contributed by atoms with Crippen molar-refractivity contribution < 1.29 is 4.79 Å². The number of hydrogen-bond donors (Lipinski definition) is 1. The van der Waals surface area contributed by atoms with Crippen molar-refractivity contribution >= 4 is 23.7 Å². The van der Waals surface area contributed by atoms with Gasteiger partial charge in [0.05, 0.1) is 11.9 Å². The maximum atomic E-state index is 12.0. The Morgan fingerprint density at radius 3 is 2.75 bits per heavy atom. The summed E-state index contributed by atoms with van der Waals surface area (Å²) in [6.07, 6.45) is 6.18. The average molecular weight is 340 g/mol. The molecule has 0 bridgehead atoms. The monoisotopic (exact) mass is 339 g/mol. The molecule has 7 heteroatoms. The Bertz CT molecular complexity index is 889. The first kappa shape index (κ1) is 15.9. The van der Waals surface area contributed by atoms with Crippen molar-refractivity contribution in [2.24, 2.45) is 5.10 Å². The molecule has 0 saturated heterocycles. The van der Waals surface area contributed by atoms with Crippen LogP contribution in [-0.4, -0.2) is 26.7 Å². The molecule has 24 heavy (non-hydrogen) atoms. The number of halogens is 1. The minimum Gasteiger partial charge on any atom is -0.296 e. The molecule has 2 aromatic heterocycles. The van der Waals surface area contributed by atoms with Crippen LogP contribution < -0.4 is 5.43 Å². The lowest BCUT2D eigenvalue weighted by Gasteiger charge is -2.08. The first-order valence-corrected chi connectivity index (χ1v) is 7.57. The van der Waals surface area contributed by atoms with Crippen LogP contribution >= 0.6 is 11.6 Å². The van der Waals surface area contributed by atoms with Crippen molar-refractivity contribution in [1.29, 1.82) is 0 Å². The van der Waals surface area contributed by atoms with E-state index in [1.165, 1.54) is 6.21 Å². The fraction of sp³-hybridized carbons (Fsp3) is 0.0588. The number of aromatic nitrogens is 3. The van der Waals surface area contributed by atoms with Crippen LogP contribution in [0.3, 0.4) is 0 Å². The van der Waals surface area contributed by atoms with Crippen molar-refractivity contribution in [1.82, 2.24) is 20.0 Å². The van der Waals surface area contributed by atoms with E-state index < -0.39 is 0 Å². The highest BCUT2D eigenvalue weighted by Gasteiger charge is 2.10. The summed E-state index contributed by atoms with van der Waals surface area (Å²) in [5.74, 6) is -0.327. The van der Waals surface area contributed by atoms with Gasteiger partial charge >= 0.3 is 0 Å². The zero-order valence-corrected chi connectivity index (χ0v) is 13.6. The number of imidazole rings is 1. The number of nitrogens with zero attached hydrogens (tertiary/aromatic N) is 4. The number of rotatable bonds is 4. The van der Waals surface area contributed by atoms with Crippen LogP contribution in [-0.2, 0) is 0 Å². The third-order valence-corrected chi connectivity index (χ3v) is 3.72. The van der Waals surface area contributed by atoms with Gasteiger partial charge in [-0.05, 0) is 30.7 Å². The second-order valence-corrected chi connectivity index (χ2v) is 5.37. The second kappa shape index (κ2) is 7.06. The average Bonchev–Trinajstić information content (AvgIpc) is 2.97. The molecule has 0 unspecified atom stereocenters. The molecule has 0 spiro atoms. The maximum Gasteiger partial charge on any atom is 0.271 e. The summed E-state index contributed by atoms with van der Waals surface area (Å²) in [7, 11) is 0. The van der Waals surface area contributed by atoms with Crippen LogP contribution in [0.4, 0.5) is 0 Å². The molecule has 1 N–H and O–H groups in total. The predicted molar refractivity (Wildman–Crippen MR) is 92.6 cm³/mol. The summed E-state index contributed by atoms with van der Waals surface area (Å²) >= 11 is 6.14. The summed E-state index contributed by atoms with van der Waals surface area (Å²) in [5, 5.41) is 4.28. The normalized spacial score (nSPS) is 10.9. The van der Waals surface area contributed by atoms with Gasteiger partial charge in [-0.3, -0.25) is 14.3 Å². The molecule has 120 valence electrons. The van der Waals surface area contributed by atoms with E-state index in [0.29, 0.717) is 16.4 Å². The van der Waals surface area contributed by atoms with Crippen LogP contribution in [0.2, 0.25) is 5.15 Å². The fourth-order valence-corrected chi connectivity index (χ4v) is 2.38. The highest BCUT2D eigenvalue weighted by Crippen LogP contribution is 2.19. The Morgan fingerprint density at radius 1 is 1.25 bits per heavy atom. The molecule has 0 atom stereocenters. The summed E-state index contributed by atoms with van der Waals surface area (Å²) < 4.78 is 1.82. The lowest BCUT2D eigenvalue weighted by Crippen LogP contribution is -2.17. The number of amides is 1. The summed E-state index contributed by atoms with van der Waals surface area (Å²) in [4.78, 5) is 19.9. The first-order chi connectivity index (χ1) is 11.7. The van der Waals surface area contributed by atoms with Crippen LogP contribution in [0.25, 0.3) is 5.69 Å². The lowest BCUT2D eigenvalue weighted by atomic mass is 10.2. The fourth-order valence-electron chi connectivity index (χ4n) is 2.20. The van der Waals surface area contributed by atoms with Crippen LogP contribution in [0.1, 0.15) is 21.6 Å². The quantitative estimate of drug-likeness (QED) is 0.586. The van der Waals surface area contributed by atoms with Gasteiger partial charge in [-0.15, -0.1) is 0 Å². The van der Waals surface area contributed by atoms with Crippen molar-refractivity contribution in [3.63, 3.8) is 0 Å². The van der Waals surface area contributed by atoms with E-state index in [9.17, 15) is 4.79 Å². The second-order valence-electron chi connectivity index (χ2n) is 5.01. The van der Waals surface area contributed by atoms with E-state index >= 15 is 0 Å². The number of carbonyl (C=O) groups is 1. The molecular weight excluding hydrogens is 326 g/mol. The van der Waals surface area contributed by atoms with E-state index in [4.69, 9.17) is 11.6 Å². The summed E-state index contributed by atoms with van der Waals surface area (Å²) in [5.41, 5.74) is 5.53. The third-order valence-electron chi connectivity index (χ3n) is 3.43. The van der Waals surface area contributed by atoms with Gasteiger partial charge in [-0.25, -0.2) is 10.4 Å². The van der Waals surface area contributed by atoms with Crippen molar-refractivity contribution in [3.8, 4) is 5.69 Å². The molecule has 1 aromatic carbocycles. The Hall–Kier alpha value is -2.99. The van der Waals surface area contributed by atoms with Crippen LogP contribution in [0.15, 0.2) is 60.2 Å². The molecular formula is C17H14ClN5O. The largest absolute Gasteiger partial charge is 0.296 e. The van der Waals surface area contributed by atoms with Crippen molar-refractivity contribution in [2.45, 2.75) is 6.92 Å². The number of benzene rings is 1. The third kappa shape index (κ3) is 3.33. The SMILES string of the molecule is Cc1ccccc1-n1cnc(Cl)c1/C=N/NC(=O)c1ccncc1. The number of aryl methyl sites for hydroxylation is 1. The summed E-state index contributed by atoms with van der Waals surface area (Å²) in [6, 6.07) is 11.1. The predicted octanol–water partition coefficient (Wildman–Crippen LogP) is 2.99. The molecule has 0 radical (unpaired) electrons. The molecule has 2 heterocycles. The van der Waals surface area contributed by atoms with Gasteiger partial charge < -0.3 is 0 Å². The highest BCUT2D eigenvalue weighted by molar-refractivity contribution is 6.31. The van der Waals surface area contributed by atoms with Gasteiger partial charge in [0.1, 0.15) is 12.0 Å². The van der Waals surface area contributed by atoms with Gasteiger partial charge in [-0.1, -0.05) is 29.8 Å². The topological polar surface area (TPSA) is 72.2 Å². The first-order valence-electron chi connectivity index (χ1n) is 7.19. The molecule has 0 aliphatic heterocycles. The Labute approximate surface area is 143 Å². The minimum absolute atomic E-state index is 0.306. The Balaban J connectivity index is 1.82. The van der Waals surface area contributed by atoms with E-state index in [2.05, 4.69) is 20.5 Å². The molecule has 0 aliphatic carbocycles. The number of carbonyl (C=O) groups excluding carboxylic acids is 1. The molecule has 0 saturated carbocycles. The molecule has 6 nitrogen and oxygen atoms in total. The van der Waals surface area contributed by atoms with Crippen LogP contribution in [0.5, 0.6) is 0 Å². The van der Waals surface area contributed by atoms with Crippen molar-refractivity contribution in [3.05, 3.63) is 77.1 Å². The number of hydrogen-bond acceptors (Lipinski definition) is 4. The number of pyridine rings is 1. The Kier molecular flexibility index (Phi) is 4.67.